The third kappa shape index (κ3) is 6.59. The van der Waals surface area contributed by atoms with Gasteiger partial charge in [-0.05, 0) is 54.7 Å². The molecule has 2 heterocycles. The van der Waals surface area contributed by atoms with Gasteiger partial charge >= 0.3 is 0 Å². The standard InChI is InChI=1S/C27H34N8O2/c1-2-17(13-21(15-28)34-26(36)18-3-4-18)19-5-7-23(29)22(14-19)25(30)27(37)33-20-6-8-24(32-16-20)35-11-9-31-10-12-35/h5-8,13-16,18,21,28,30-31H,2-4,9-12,29H2,1H3,(H,33,37)(H,34,36)/b17-13+,28-15?,30-25?. The van der Waals surface area contributed by atoms with Gasteiger partial charge < -0.3 is 32.0 Å². The molecule has 4 rings (SSSR count). The van der Waals surface area contributed by atoms with E-state index in [2.05, 4.69) is 25.8 Å². The molecular weight excluding hydrogens is 468 g/mol. The number of nitrogen functional groups attached to an aromatic ring is 1. The Kier molecular flexibility index (Phi) is 8.29. The molecule has 1 saturated carbocycles. The number of allylic oxidation sites excluding steroid dienone is 1. The summed E-state index contributed by atoms with van der Waals surface area (Å²) in [6, 6.07) is 8.31. The SMILES string of the molecule is CC/C(=C\C(C=N)NC(=O)C1CC1)c1ccc(N)c(C(=N)C(=O)Nc2ccc(N3CCNCC3)nc2)c1. The van der Waals surface area contributed by atoms with Gasteiger partial charge in [-0.25, -0.2) is 4.98 Å². The summed E-state index contributed by atoms with van der Waals surface area (Å²) in [6.07, 6.45) is 7.04. The van der Waals surface area contributed by atoms with Crippen LogP contribution in [0.15, 0.2) is 42.6 Å². The molecule has 1 saturated heterocycles. The first-order valence-corrected chi connectivity index (χ1v) is 12.6. The van der Waals surface area contributed by atoms with Gasteiger partial charge in [0.05, 0.1) is 17.9 Å². The van der Waals surface area contributed by atoms with Crippen LogP contribution < -0.4 is 26.6 Å². The van der Waals surface area contributed by atoms with Crippen molar-refractivity contribution >= 4 is 46.5 Å². The molecule has 1 atom stereocenters. The predicted octanol–water partition coefficient (Wildman–Crippen LogP) is 2.42. The van der Waals surface area contributed by atoms with Gasteiger partial charge in [-0.2, -0.15) is 0 Å². The van der Waals surface area contributed by atoms with Crippen molar-refractivity contribution < 1.29 is 9.59 Å². The summed E-state index contributed by atoms with van der Waals surface area (Å²) in [5.41, 5.74) is 8.67. The Hall–Kier alpha value is -4.05. The number of carbonyl (C=O) groups excluding carboxylic acids is 2. The summed E-state index contributed by atoms with van der Waals surface area (Å²) in [5, 5.41) is 25.2. The fourth-order valence-corrected chi connectivity index (χ4v) is 4.22. The van der Waals surface area contributed by atoms with Gasteiger partial charge in [0.2, 0.25) is 5.91 Å². The zero-order chi connectivity index (χ0) is 26.4. The highest BCUT2D eigenvalue weighted by atomic mass is 16.2. The number of pyridine rings is 1. The zero-order valence-electron chi connectivity index (χ0n) is 21.0. The molecule has 1 aliphatic carbocycles. The van der Waals surface area contributed by atoms with Crippen LogP contribution in [-0.2, 0) is 9.59 Å². The Morgan fingerprint density at radius 1 is 1.24 bits per heavy atom. The highest BCUT2D eigenvalue weighted by molar-refractivity contribution is 6.48. The molecule has 0 radical (unpaired) electrons. The summed E-state index contributed by atoms with van der Waals surface area (Å²) in [6.45, 7) is 5.54. The van der Waals surface area contributed by atoms with Gasteiger partial charge in [-0.15, -0.1) is 0 Å². The lowest BCUT2D eigenvalue weighted by atomic mass is 9.96. The van der Waals surface area contributed by atoms with E-state index in [4.69, 9.17) is 16.6 Å². The average molecular weight is 503 g/mol. The molecule has 2 aliphatic rings. The largest absolute Gasteiger partial charge is 0.398 e. The van der Waals surface area contributed by atoms with Crippen LogP contribution in [0.1, 0.15) is 37.3 Å². The third-order valence-corrected chi connectivity index (χ3v) is 6.57. The molecule has 1 unspecified atom stereocenters. The molecule has 2 aromatic rings. The first-order chi connectivity index (χ1) is 17.9. The van der Waals surface area contributed by atoms with Crippen molar-refractivity contribution in [2.45, 2.75) is 32.2 Å². The van der Waals surface area contributed by atoms with E-state index in [1.165, 1.54) is 6.21 Å². The van der Waals surface area contributed by atoms with E-state index in [-0.39, 0.29) is 17.5 Å². The summed E-state index contributed by atoms with van der Waals surface area (Å²) >= 11 is 0. The number of benzene rings is 1. The highest BCUT2D eigenvalue weighted by Crippen LogP contribution is 2.29. The van der Waals surface area contributed by atoms with Crippen LogP contribution in [0.2, 0.25) is 0 Å². The number of nitrogens with one attached hydrogen (secondary N) is 5. The quantitative estimate of drug-likeness (QED) is 0.216. The summed E-state index contributed by atoms with van der Waals surface area (Å²) in [4.78, 5) is 31.7. The van der Waals surface area contributed by atoms with Crippen LogP contribution in [0.4, 0.5) is 17.2 Å². The summed E-state index contributed by atoms with van der Waals surface area (Å²) < 4.78 is 0. The first-order valence-electron chi connectivity index (χ1n) is 12.6. The van der Waals surface area contributed by atoms with Gasteiger partial charge in [-0.1, -0.05) is 19.1 Å². The molecule has 2 fully saturated rings. The molecule has 10 heteroatoms. The van der Waals surface area contributed by atoms with E-state index in [0.29, 0.717) is 23.4 Å². The number of nitrogens with zero attached hydrogens (tertiary/aromatic N) is 2. The minimum atomic E-state index is -0.586. The molecule has 1 aliphatic heterocycles. The second-order valence-corrected chi connectivity index (χ2v) is 9.29. The van der Waals surface area contributed by atoms with Crippen LogP contribution >= 0.6 is 0 Å². The van der Waals surface area contributed by atoms with Gasteiger partial charge in [0.15, 0.2) is 0 Å². The van der Waals surface area contributed by atoms with Crippen LogP contribution in [0, 0.1) is 16.7 Å². The number of carbonyl (C=O) groups is 2. The van der Waals surface area contributed by atoms with E-state index in [1.54, 1.807) is 24.4 Å². The highest BCUT2D eigenvalue weighted by Gasteiger charge is 2.30. The minimum absolute atomic E-state index is 0.0351. The van der Waals surface area contributed by atoms with Crippen LogP contribution in [-0.4, -0.2) is 60.9 Å². The Labute approximate surface area is 216 Å². The van der Waals surface area contributed by atoms with Gasteiger partial charge in [0, 0.05) is 49.6 Å². The lowest BCUT2D eigenvalue weighted by Crippen LogP contribution is -2.43. The third-order valence-electron chi connectivity index (χ3n) is 6.57. The summed E-state index contributed by atoms with van der Waals surface area (Å²) in [5.74, 6) is 0.280. The van der Waals surface area contributed by atoms with E-state index < -0.39 is 11.9 Å². The number of amides is 2. The second-order valence-electron chi connectivity index (χ2n) is 9.29. The maximum absolute atomic E-state index is 12.9. The van der Waals surface area contributed by atoms with Crippen molar-refractivity contribution in [3.8, 4) is 0 Å². The maximum atomic E-state index is 12.9. The van der Waals surface area contributed by atoms with Crippen LogP contribution in [0.5, 0.6) is 0 Å². The number of rotatable bonds is 10. The number of hydrogen-bond donors (Lipinski definition) is 6. The van der Waals surface area contributed by atoms with Crippen molar-refractivity contribution in [1.82, 2.24) is 15.6 Å². The smallest absolute Gasteiger partial charge is 0.274 e. The second kappa shape index (κ2) is 11.8. The fraction of sp³-hybridized carbons (Fsp3) is 0.370. The number of hydrogen-bond acceptors (Lipinski definition) is 8. The maximum Gasteiger partial charge on any atom is 0.274 e. The molecule has 1 aromatic carbocycles. The minimum Gasteiger partial charge on any atom is -0.398 e. The van der Waals surface area contributed by atoms with Gasteiger partial charge in [-0.3, -0.25) is 15.0 Å². The monoisotopic (exact) mass is 502 g/mol. The molecule has 7 N–H and O–H groups in total. The normalized spacial score (nSPS) is 16.6. The molecule has 1 aromatic heterocycles. The van der Waals surface area contributed by atoms with Crippen molar-refractivity contribution in [2.75, 3.05) is 42.1 Å². The lowest BCUT2D eigenvalue weighted by molar-refractivity contribution is -0.122. The summed E-state index contributed by atoms with van der Waals surface area (Å²) in [7, 11) is 0. The van der Waals surface area contributed by atoms with E-state index in [0.717, 1.165) is 56.0 Å². The average Bonchev–Trinajstić information content (AvgIpc) is 3.78. The van der Waals surface area contributed by atoms with Crippen molar-refractivity contribution in [3.63, 3.8) is 0 Å². The Balaban J connectivity index is 1.46. The number of anilines is 3. The van der Waals surface area contributed by atoms with E-state index in [9.17, 15) is 9.59 Å². The molecule has 194 valence electrons. The van der Waals surface area contributed by atoms with Crippen molar-refractivity contribution in [1.29, 1.82) is 10.8 Å². The Morgan fingerprint density at radius 3 is 2.62 bits per heavy atom. The first kappa shape index (κ1) is 26.0. The number of aromatic nitrogens is 1. The lowest BCUT2D eigenvalue weighted by Gasteiger charge is -2.28. The topological polar surface area (TPSA) is 160 Å². The molecule has 2 amide bonds. The van der Waals surface area contributed by atoms with E-state index >= 15 is 0 Å². The number of nitrogens with two attached hydrogens (primary N) is 1. The molecule has 0 spiro atoms. The Morgan fingerprint density at radius 2 is 2.00 bits per heavy atom. The van der Waals surface area contributed by atoms with Gasteiger partial charge in [0.1, 0.15) is 11.5 Å². The molecule has 37 heavy (non-hydrogen) atoms. The van der Waals surface area contributed by atoms with Crippen LogP contribution in [0.3, 0.4) is 0 Å². The molecule has 10 nitrogen and oxygen atoms in total. The fourth-order valence-electron chi connectivity index (χ4n) is 4.22. The van der Waals surface area contributed by atoms with Crippen LogP contribution in [0.25, 0.3) is 5.57 Å². The Bertz CT molecular complexity index is 1200. The van der Waals surface area contributed by atoms with Crippen molar-refractivity contribution in [3.05, 3.63) is 53.7 Å². The van der Waals surface area contributed by atoms with E-state index in [1.807, 2.05) is 25.1 Å². The van der Waals surface area contributed by atoms with Crippen molar-refractivity contribution in [2.24, 2.45) is 5.92 Å². The zero-order valence-corrected chi connectivity index (χ0v) is 21.0. The number of piperazine rings is 1. The van der Waals surface area contributed by atoms with Gasteiger partial charge in [0.25, 0.3) is 5.91 Å². The molecular formula is C27H34N8O2. The molecule has 0 bridgehead atoms. The predicted molar refractivity (Wildman–Crippen MR) is 147 cm³/mol.